The molecule has 0 spiro atoms. The molecule has 1 aliphatic rings. The Labute approximate surface area is 316 Å². The molecule has 3 heterocycles. The van der Waals surface area contributed by atoms with Gasteiger partial charge in [0.1, 0.15) is 6.33 Å². The second kappa shape index (κ2) is 14.4. The molecule has 244 valence electrons. The molecule has 11 nitrogen and oxygen atoms in total. The summed E-state index contributed by atoms with van der Waals surface area (Å²) in [4.78, 5) is 33.2. The molecule has 0 radical (unpaired) electrons. The van der Waals surface area contributed by atoms with Gasteiger partial charge in [-0.1, -0.05) is 67.0 Å². The Morgan fingerprint density at radius 3 is 2.40 bits per heavy atom. The van der Waals surface area contributed by atoms with Gasteiger partial charge in [-0.3, -0.25) is 18.9 Å². The fourth-order valence-electron chi connectivity index (χ4n) is 6.53. The van der Waals surface area contributed by atoms with E-state index in [0.717, 1.165) is 65.6 Å². The van der Waals surface area contributed by atoms with Crippen LogP contribution in [0.3, 0.4) is 0 Å². The maximum absolute atomic E-state index is 14.4. The number of H-pyrrole nitrogens is 1. The third-order valence-corrected chi connectivity index (χ3v) is 9.42. The summed E-state index contributed by atoms with van der Waals surface area (Å²) in [5.74, 6) is 0.347. The Balaban J connectivity index is 0.00000433. The van der Waals surface area contributed by atoms with Crippen LogP contribution in [0.5, 0.6) is 0 Å². The number of nitrogens with one attached hydrogen (secondary N) is 1. The molecule has 5 aromatic rings. The van der Waals surface area contributed by atoms with Crippen molar-refractivity contribution in [3.05, 3.63) is 92.6 Å². The monoisotopic (exact) mass is 666 g/mol. The van der Waals surface area contributed by atoms with Crippen molar-refractivity contribution in [3.8, 4) is 22.5 Å². The number of aromatic amines is 1. The van der Waals surface area contributed by atoms with E-state index in [9.17, 15) is 14.7 Å². The number of rotatable bonds is 10. The van der Waals surface area contributed by atoms with Crippen LogP contribution in [-0.2, 0) is 17.6 Å². The van der Waals surface area contributed by atoms with Crippen molar-refractivity contribution in [2.75, 3.05) is 0 Å². The normalized spacial score (nSPS) is 19.1. The Kier molecular flexibility index (Phi) is 10.9. The molecule has 2 N–H and O–H groups in total. The van der Waals surface area contributed by atoms with Crippen LogP contribution in [0.4, 0.5) is 0 Å². The standard InChI is InChI=1S/C35H42N6O5.K.H/c1-6-9-29-28(20-23-12-14-24(15-13-23)26-10-7-8-11-27(26)30-38-33(43)46-39-30)31(42)40(32-36-21-37-41(29)32)25-16-18-35(5,19-17-25)45-22(2)34(3,4)44;;/h7-8,10-15,21-22,25,44H,6,9,16-20H2,1-5H3,(H,38,39,43);;. The number of aliphatic hydroxyl groups is 1. The van der Waals surface area contributed by atoms with E-state index in [0.29, 0.717) is 24.4 Å². The Morgan fingerprint density at radius 1 is 1.11 bits per heavy atom. The van der Waals surface area contributed by atoms with Gasteiger partial charge >= 0.3 is 57.1 Å². The number of ether oxygens (including phenoxy) is 1. The molecule has 47 heavy (non-hydrogen) atoms. The zero-order valence-electron chi connectivity index (χ0n) is 27.1. The third-order valence-electron chi connectivity index (χ3n) is 9.42. The Hall–Kier alpha value is -2.71. The van der Waals surface area contributed by atoms with Crippen LogP contribution in [0.1, 0.15) is 89.6 Å². The predicted octanol–water partition coefficient (Wildman–Crippen LogP) is 4.85. The summed E-state index contributed by atoms with van der Waals surface area (Å²) in [6.45, 7) is 9.64. The van der Waals surface area contributed by atoms with Gasteiger partial charge in [0.2, 0.25) is 5.78 Å². The van der Waals surface area contributed by atoms with Gasteiger partial charge in [-0.2, -0.15) is 10.1 Å². The van der Waals surface area contributed by atoms with Crippen molar-refractivity contribution in [2.24, 2.45) is 0 Å². The molecule has 1 fully saturated rings. The zero-order valence-corrected chi connectivity index (χ0v) is 27.1. The summed E-state index contributed by atoms with van der Waals surface area (Å²) in [6.07, 6.45) is 6.30. The Bertz CT molecular complexity index is 1940. The molecular weight excluding hydrogens is 624 g/mol. The predicted molar refractivity (Wildman–Crippen MR) is 182 cm³/mol. The van der Waals surface area contributed by atoms with Gasteiger partial charge in [-0.25, -0.2) is 9.31 Å². The number of aryl methyl sites for hydroxylation is 1. The molecular formula is C35H43KN6O5. The summed E-state index contributed by atoms with van der Waals surface area (Å²) in [5.41, 5.74) is 3.90. The van der Waals surface area contributed by atoms with E-state index in [1.165, 1.54) is 6.33 Å². The molecule has 0 amide bonds. The van der Waals surface area contributed by atoms with Crippen LogP contribution in [0.15, 0.2) is 69.0 Å². The van der Waals surface area contributed by atoms with E-state index in [4.69, 9.17) is 9.26 Å². The van der Waals surface area contributed by atoms with Gasteiger partial charge in [0, 0.05) is 23.6 Å². The van der Waals surface area contributed by atoms with E-state index >= 15 is 0 Å². The van der Waals surface area contributed by atoms with Gasteiger partial charge in [0.05, 0.1) is 23.0 Å². The molecule has 1 saturated carbocycles. The minimum absolute atomic E-state index is 0. The molecule has 0 saturated heterocycles. The Morgan fingerprint density at radius 2 is 1.79 bits per heavy atom. The summed E-state index contributed by atoms with van der Waals surface area (Å²) in [5, 5.41) is 18.9. The third kappa shape index (κ3) is 7.48. The number of nitrogens with zero attached hydrogens (tertiary/aromatic N) is 5. The number of fused-ring (bicyclic) bond motifs is 1. The summed E-state index contributed by atoms with van der Waals surface area (Å²) >= 11 is 0. The van der Waals surface area contributed by atoms with Crippen molar-refractivity contribution in [2.45, 2.75) is 103 Å². The molecule has 2 aromatic carbocycles. The van der Waals surface area contributed by atoms with E-state index in [1.807, 2.05) is 64.5 Å². The van der Waals surface area contributed by atoms with Crippen molar-refractivity contribution in [1.29, 1.82) is 0 Å². The van der Waals surface area contributed by atoms with Gasteiger partial charge in [0.15, 0.2) is 5.82 Å². The first kappa shape index (κ1) is 35.6. The average Bonchev–Trinajstić information content (AvgIpc) is 3.69. The fourth-order valence-corrected chi connectivity index (χ4v) is 6.53. The molecule has 6 rings (SSSR count). The first-order valence-corrected chi connectivity index (χ1v) is 16.1. The summed E-state index contributed by atoms with van der Waals surface area (Å²) in [6, 6.07) is 15.8. The van der Waals surface area contributed by atoms with Crippen LogP contribution in [0.25, 0.3) is 28.3 Å². The van der Waals surface area contributed by atoms with E-state index < -0.39 is 11.4 Å². The van der Waals surface area contributed by atoms with Gasteiger partial charge in [0.25, 0.3) is 5.56 Å². The molecule has 3 aromatic heterocycles. The van der Waals surface area contributed by atoms with Crippen LogP contribution in [0.2, 0.25) is 0 Å². The fraction of sp³-hybridized carbons (Fsp3) is 0.457. The first-order chi connectivity index (χ1) is 22.0. The van der Waals surface area contributed by atoms with Crippen LogP contribution in [0, 0.1) is 0 Å². The molecule has 1 atom stereocenters. The SMILES string of the molecule is CCCc1c(Cc2ccc(-c3ccccc3-c3noc(=O)[nH]3)cc2)c(=O)n(C2CCC(C)(OC(C)C(C)(C)O)CC2)c2ncnn12.[KH]. The van der Waals surface area contributed by atoms with Crippen LogP contribution in [-0.4, -0.2) is 103 Å². The van der Waals surface area contributed by atoms with Crippen molar-refractivity contribution in [1.82, 2.24) is 29.3 Å². The second-order valence-corrected chi connectivity index (χ2v) is 13.3. The van der Waals surface area contributed by atoms with Gasteiger partial charge < -0.3 is 9.84 Å². The average molecular weight is 667 g/mol. The zero-order chi connectivity index (χ0) is 32.6. The molecule has 12 heteroatoms. The molecule has 1 aliphatic carbocycles. The van der Waals surface area contributed by atoms with Crippen molar-refractivity contribution in [3.63, 3.8) is 0 Å². The van der Waals surface area contributed by atoms with Crippen molar-refractivity contribution >= 4 is 57.2 Å². The quantitative estimate of drug-likeness (QED) is 0.202. The first-order valence-electron chi connectivity index (χ1n) is 16.1. The van der Waals surface area contributed by atoms with Crippen LogP contribution < -0.4 is 11.3 Å². The second-order valence-electron chi connectivity index (χ2n) is 13.3. The number of hydrogen-bond donors (Lipinski definition) is 2. The topological polar surface area (TPSA) is 141 Å². The summed E-state index contributed by atoms with van der Waals surface area (Å²) in [7, 11) is 0. The van der Waals surface area contributed by atoms with E-state index in [1.54, 1.807) is 13.8 Å². The number of aromatic nitrogens is 6. The van der Waals surface area contributed by atoms with E-state index in [2.05, 4.69) is 34.1 Å². The maximum atomic E-state index is 14.4. The molecule has 0 bridgehead atoms. The minimum atomic E-state index is -0.937. The van der Waals surface area contributed by atoms with Crippen LogP contribution >= 0.6 is 0 Å². The molecule has 1 unspecified atom stereocenters. The summed E-state index contributed by atoms with van der Waals surface area (Å²) < 4.78 is 14.8. The van der Waals surface area contributed by atoms with Crippen molar-refractivity contribution < 1.29 is 14.4 Å². The number of benzene rings is 2. The molecule has 0 aliphatic heterocycles. The van der Waals surface area contributed by atoms with Gasteiger partial charge in [-0.15, -0.1) is 0 Å². The number of hydrogen-bond acceptors (Lipinski definition) is 8. The van der Waals surface area contributed by atoms with E-state index in [-0.39, 0.29) is 74.7 Å². The van der Waals surface area contributed by atoms with Gasteiger partial charge in [-0.05, 0) is 76.5 Å².